The first-order chi connectivity index (χ1) is 16.6. The molecule has 3 atom stereocenters. The van der Waals surface area contributed by atoms with Crippen LogP contribution in [0.2, 0.25) is 0 Å². The normalized spacial score (nSPS) is 13.5. The molecule has 0 fully saturated rings. The van der Waals surface area contributed by atoms with Gasteiger partial charge in [-0.1, -0.05) is 30.3 Å². The van der Waals surface area contributed by atoms with Gasteiger partial charge in [-0.15, -0.1) is 0 Å². The zero-order valence-electron chi connectivity index (χ0n) is 18.4. The highest BCUT2D eigenvalue weighted by Gasteiger charge is 2.30. The fourth-order valence-electron chi connectivity index (χ4n) is 3.58. The predicted molar refractivity (Wildman–Crippen MR) is 129 cm³/mol. The van der Waals surface area contributed by atoms with E-state index in [-0.39, 0.29) is 12.8 Å². The molecule has 3 aromatic rings. The lowest BCUT2D eigenvalue weighted by Gasteiger charge is -2.22. The van der Waals surface area contributed by atoms with E-state index in [9.17, 15) is 33.8 Å². The molecule has 11 heteroatoms. The minimum Gasteiger partial charge on any atom is -0.481 e. The highest BCUT2D eigenvalue weighted by atomic mass is 32.1. The Hall–Kier alpha value is -3.86. The Morgan fingerprint density at radius 2 is 1.57 bits per heavy atom. The fraction of sp³-hybridized carbons (Fsp3) is 0.250. The van der Waals surface area contributed by atoms with E-state index in [2.05, 4.69) is 28.2 Å². The van der Waals surface area contributed by atoms with Gasteiger partial charge < -0.3 is 25.8 Å². The van der Waals surface area contributed by atoms with Crippen molar-refractivity contribution in [2.75, 3.05) is 0 Å². The van der Waals surface area contributed by atoms with E-state index in [0.29, 0.717) is 11.1 Å². The van der Waals surface area contributed by atoms with Crippen LogP contribution < -0.4 is 10.6 Å². The summed E-state index contributed by atoms with van der Waals surface area (Å²) in [7, 11) is 0. The van der Waals surface area contributed by atoms with Crippen molar-refractivity contribution in [2.45, 2.75) is 36.6 Å². The molecule has 0 spiro atoms. The Balaban J connectivity index is 1.68. The summed E-state index contributed by atoms with van der Waals surface area (Å²) in [6.45, 7) is 0. The van der Waals surface area contributed by atoms with Crippen molar-refractivity contribution in [2.24, 2.45) is 0 Å². The molecule has 1 aromatic heterocycles. The number of H-pyrrole nitrogens is 1. The van der Waals surface area contributed by atoms with Gasteiger partial charge in [0.05, 0.1) is 11.7 Å². The number of hydrogen-bond acceptors (Lipinski definition) is 5. The highest BCUT2D eigenvalue weighted by Crippen LogP contribution is 2.19. The Morgan fingerprint density at radius 1 is 0.914 bits per heavy atom. The topological polar surface area (TPSA) is 149 Å². The van der Waals surface area contributed by atoms with Crippen LogP contribution in [0.25, 0.3) is 10.9 Å². The number of fused-ring (bicyclic) bond motifs is 1. The molecule has 2 aromatic carbocycles. The van der Waals surface area contributed by atoms with E-state index in [4.69, 9.17) is 0 Å². The second-order valence-corrected chi connectivity index (χ2v) is 8.59. The number of carboxylic acid groups (broad SMARTS) is 2. The van der Waals surface area contributed by atoms with Crippen LogP contribution in [0.5, 0.6) is 0 Å². The average Bonchev–Trinajstić information content (AvgIpc) is 3.22. The summed E-state index contributed by atoms with van der Waals surface area (Å²) >= 11 is 4.21. The lowest BCUT2D eigenvalue weighted by molar-refractivity contribution is -0.143. The number of carboxylic acids is 2. The molecule has 9 nitrogen and oxygen atoms in total. The quantitative estimate of drug-likeness (QED) is 0.221. The number of benzene rings is 2. The Morgan fingerprint density at radius 3 is 2.23 bits per heavy atom. The van der Waals surface area contributed by atoms with Gasteiger partial charge in [0.15, 0.2) is 0 Å². The molecule has 184 valence electrons. The minimum absolute atomic E-state index is 0.0570. The number of halogens is 1. The van der Waals surface area contributed by atoms with Gasteiger partial charge in [0.1, 0.15) is 17.9 Å². The molecule has 35 heavy (non-hydrogen) atoms. The van der Waals surface area contributed by atoms with Crippen LogP contribution in [0.4, 0.5) is 4.39 Å². The maximum atomic E-state index is 13.1. The summed E-state index contributed by atoms with van der Waals surface area (Å²) in [6, 6.07) is 9.80. The summed E-state index contributed by atoms with van der Waals surface area (Å²) in [5, 5.41) is 23.4. The molecule has 0 unspecified atom stereocenters. The number of thiol groups is 1. The molecule has 0 saturated heterocycles. The van der Waals surface area contributed by atoms with Crippen molar-refractivity contribution < 1.29 is 33.8 Å². The molecular formula is C24H24FN3O6S. The number of rotatable bonds is 11. The van der Waals surface area contributed by atoms with Crippen molar-refractivity contribution in [3.05, 3.63) is 71.7 Å². The molecule has 0 saturated carbocycles. The lowest BCUT2D eigenvalue weighted by atomic mass is 10.0. The maximum Gasteiger partial charge on any atom is 0.326 e. The molecule has 3 rings (SSSR count). The number of aliphatic carboxylic acids is 2. The van der Waals surface area contributed by atoms with Crippen LogP contribution in [0.15, 0.2) is 54.7 Å². The summed E-state index contributed by atoms with van der Waals surface area (Å²) in [6.07, 6.45) is 0.936. The van der Waals surface area contributed by atoms with Gasteiger partial charge in [-0.25, -0.2) is 9.18 Å². The molecule has 0 aliphatic rings. The van der Waals surface area contributed by atoms with Crippen LogP contribution in [-0.4, -0.2) is 56.3 Å². The van der Waals surface area contributed by atoms with Gasteiger partial charge in [0, 0.05) is 23.5 Å². The van der Waals surface area contributed by atoms with E-state index < -0.39 is 53.3 Å². The van der Waals surface area contributed by atoms with E-state index in [1.54, 1.807) is 12.3 Å². The molecule has 5 N–H and O–H groups in total. The zero-order valence-corrected chi connectivity index (χ0v) is 19.3. The Labute approximate surface area is 205 Å². The molecule has 0 aliphatic heterocycles. The van der Waals surface area contributed by atoms with Crippen LogP contribution in [0, 0.1) is 5.82 Å². The lowest BCUT2D eigenvalue weighted by Crippen LogP contribution is -2.54. The number of carbonyl (C=O) groups is 4. The molecule has 0 radical (unpaired) electrons. The number of para-hydroxylation sites is 1. The first kappa shape index (κ1) is 25.8. The third-order valence-corrected chi connectivity index (χ3v) is 5.79. The molecule has 1 heterocycles. The number of carbonyl (C=O) groups excluding carboxylic acids is 2. The number of aromatic amines is 1. The Bertz CT molecular complexity index is 1230. The summed E-state index contributed by atoms with van der Waals surface area (Å²) in [4.78, 5) is 51.6. The average molecular weight is 502 g/mol. The number of hydrogen-bond donors (Lipinski definition) is 6. The van der Waals surface area contributed by atoms with Crippen molar-refractivity contribution in [3.63, 3.8) is 0 Å². The maximum absolute atomic E-state index is 13.1. The van der Waals surface area contributed by atoms with Crippen molar-refractivity contribution in [1.29, 1.82) is 0 Å². The third-order valence-electron chi connectivity index (χ3n) is 5.37. The molecular weight excluding hydrogens is 477 g/mol. The fourth-order valence-corrected chi connectivity index (χ4v) is 3.87. The van der Waals surface area contributed by atoms with Crippen molar-refractivity contribution in [3.8, 4) is 0 Å². The van der Waals surface area contributed by atoms with E-state index in [0.717, 1.165) is 10.9 Å². The van der Waals surface area contributed by atoms with Crippen LogP contribution in [-0.2, 0) is 32.0 Å². The second-order valence-electron chi connectivity index (χ2n) is 7.97. The van der Waals surface area contributed by atoms with E-state index in [1.165, 1.54) is 24.3 Å². The summed E-state index contributed by atoms with van der Waals surface area (Å²) in [5.41, 5.74) is 2.07. The SMILES string of the molecule is O=C(O)C[C@H](NC(=O)[C@@H](S)Cc1ccc(F)cc1)C(=O)N[C@@H](Cc1c[nH]c2ccccc12)C(=O)O. The largest absolute Gasteiger partial charge is 0.481 e. The van der Waals surface area contributed by atoms with E-state index >= 15 is 0 Å². The number of nitrogens with one attached hydrogen (secondary N) is 3. The molecule has 2 amide bonds. The van der Waals surface area contributed by atoms with Gasteiger partial charge in [0.25, 0.3) is 0 Å². The zero-order chi connectivity index (χ0) is 25.5. The standard InChI is InChI=1S/C24H24FN3O6S/c25-15-7-5-13(6-8-15)9-20(35)23(32)27-18(11-21(29)30)22(31)28-19(24(33)34)10-14-12-26-17-4-2-1-3-16(14)17/h1-8,12,18-20,26,35H,9-11H2,(H,27,32)(H,28,31)(H,29,30)(H,33,34)/t18-,19-,20-/m0/s1. The van der Waals surface area contributed by atoms with E-state index in [1.807, 2.05) is 18.2 Å². The molecule has 0 aliphatic carbocycles. The van der Waals surface area contributed by atoms with Gasteiger partial charge >= 0.3 is 11.9 Å². The summed E-state index contributed by atoms with van der Waals surface area (Å²) in [5.74, 6) is -4.78. The minimum atomic E-state index is -1.52. The van der Waals surface area contributed by atoms with Gasteiger partial charge in [0.2, 0.25) is 11.8 Å². The first-order valence-corrected chi connectivity index (χ1v) is 11.2. The Kier molecular flexibility index (Phi) is 8.48. The van der Waals surface area contributed by atoms with Crippen molar-refractivity contribution in [1.82, 2.24) is 15.6 Å². The summed E-state index contributed by atoms with van der Waals surface area (Å²) < 4.78 is 13.1. The monoisotopic (exact) mass is 501 g/mol. The second kappa shape index (κ2) is 11.5. The van der Waals surface area contributed by atoms with Gasteiger partial charge in [-0.3, -0.25) is 14.4 Å². The van der Waals surface area contributed by atoms with Gasteiger partial charge in [-0.05, 0) is 35.7 Å². The number of aromatic nitrogens is 1. The van der Waals surface area contributed by atoms with Crippen LogP contribution >= 0.6 is 12.6 Å². The predicted octanol–water partition coefficient (Wildman–Crippen LogP) is 1.92. The highest BCUT2D eigenvalue weighted by molar-refractivity contribution is 7.81. The first-order valence-electron chi connectivity index (χ1n) is 10.7. The third kappa shape index (κ3) is 7.06. The smallest absolute Gasteiger partial charge is 0.326 e. The van der Waals surface area contributed by atoms with Gasteiger partial charge in [-0.2, -0.15) is 12.6 Å². The number of amides is 2. The molecule has 0 bridgehead atoms. The van der Waals surface area contributed by atoms with Crippen LogP contribution in [0.3, 0.4) is 0 Å². The van der Waals surface area contributed by atoms with Crippen molar-refractivity contribution >= 4 is 47.3 Å². The van der Waals surface area contributed by atoms with Crippen LogP contribution in [0.1, 0.15) is 17.5 Å².